The molecule has 0 radical (unpaired) electrons. The van der Waals surface area contributed by atoms with Crippen molar-refractivity contribution < 1.29 is 0 Å². The Bertz CT molecular complexity index is 130. The molecule has 0 fully saturated rings. The van der Waals surface area contributed by atoms with Crippen molar-refractivity contribution >= 4 is 0 Å². The molecule has 0 aliphatic rings. The first kappa shape index (κ1) is 12.9. The Morgan fingerprint density at radius 1 is 1.31 bits per heavy atom. The van der Waals surface area contributed by atoms with E-state index in [9.17, 15) is 0 Å². The molecule has 0 aromatic heterocycles. The van der Waals surface area contributed by atoms with Crippen LogP contribution in [0.25, 0.3) is 0 Å². The largest absolute Gasteiger partial charge is 0.315 e. The highest BCUT2D eigenvalue weighted by molar-refractivity contribution is 4.79. The smallest absolute Gasteiger partial charge is 0.0271 e. The first-order chi connectivity index (χ1) is 5.90. The predicted molar refractivity (Wildman–Crippen MR) is 60.1 cm³/mol. The van der Waals surface area contributed by atoms with Gasteiger partial charge in [-0.05, 0) is 40.4 Å². The van der Waals surface area contributed by atoms with Gasteiger partial charge in [0.05, 0.1) is 0 Å². The van der Waals surface area contributed by atoms with Gasteiger partial charge in [0.1, 0.15) is 0 Å². The molecule has 0 rings (SSSR count). The molecule has 0 aliphatic heterocycles. The van der Waals surface area contributed by atoms with Gasteiger partial charge in [-0.15, -0.1) is 0 Å². The van der Waals surface area contributed by atoms with Crippen LogP contribution in [0.2, 0.25) is 0 Å². The fourth-order valence-electron chi connectivity index (χ4n) is 0.927. The molecule has 0 saturated heterocycles. The van der Waals surface area contributed by atoms with Gasteiger partial charge in [0.15, 0.2) is 0 Å². The Morgan fingerprint density at radius 3 is 2.23 bits per heavy atom. The molecular weight excluding hydrogens is 160 g/mol. The number of rotatable bonds is 6. The lowest BCUT2D eigenvalue weighted by Gasteiger charge is -2.33. The average Bonchev–Trinajstić information content (AvgIpc) is 2.03. The Labute approximate surface area is 83.7 Å². The van der Waals surface area contributed by atoms with Crippen LogP contribution in [0.1, 0.15) is 34.1 Å². The van der Waals surface area contributed by atoms with Crippen molar-refractivity contribution in [3.63, 3.8) is 0 Å². The fourth-order valence-corrected chi connectivity index (χ4v) is 0.927. The lowest BCUT2D eigenvalue weighted by molar-refractivity contribution is 0.188. The van der Waals surface area contributed by atoms with Crippen molar-refractivity contribution in [2.75, 3.05) is 27.2 Å². The van der Waals surface area contributed by atoms with Crippen LogP contribution in [-0.4, -0.2) is 37.6 Å². The van der Waals surface area contributed by atoms with E-state index in [1.165, 1.54) is 6.42 Å². The zero-order chi connectivity index (χ0) is 10.5. The number of hydrogen-bond donors (Lipinski definition) is 1. The van der Waals surface area contributed by atoms with Crippen LogP contribution >= 0.6 is 0 Å². The molecule has 1 N–H and O–H groups in total. The second-order valence-corrected chi connectivity index (χ2v) is 4.85. The van der Waals surface area contributed by atoms with Crippen LogP contribution in [-0.2, 0) is 0 Å². The molecule has 1 unspecified atom stereocenters. The molecule has 0 aliphatic carbocycles. The van der Waals surface area contributed by atoms with Gasteiger partial charge in [0.25, 0.3) is 0 Å². The van der Waals surface area contributed by atoms with Crippen LogP contribution in [0, 0.1) is 5.92 Å². The summed E-state index contributed by atoms with van der Waals surface area (Å²) in [5.74, 6) is 0.790. The quantitative estimate of drug-likeness (QED) is 0.682. The van der Waals surface area contributed by atoms with Gasteiger partial charge < -0.3 is 10.2 Å². The third-order valence-electron chi connectivity index (χ3n) is 2.96. The van der Waals surface area contributed by atoms with E-state index >= 15 is 0 Å². The molecule has 0 amide bonds. The molecule has 2 nitrogen and oxygen atoms in total. The topological polar surface area (TPSA) is 15.3 Å². The maximum absolute atomic E-state index is 3.52. The van der Waals surface area contributed by atoms with Gasteiger partial charge in [-0.1, -0.05) is 20.3 Å². The summed E-state index contributed by atoms with van der Waals surface area (Å²) < 4.78 is 0. The SMILES string of the molecule is CCC(C)CNCC(C)(C)N(C)C. The summed E-state index contributed by atoms with van der Waals surface area (Å²) in [6, 6.07) is 0. The maximum Gasteiger partial charge on any atom is 0.0271 e. The lowest BCUT2D eigenvalue weighted by Crippen LogP contribution is -2.47. The van der Waals surface area contributed by atoms with Gasteiger partial charge in [-0.25, -0.2) is 0 Å². The van der Waals surface area contributed by atoms with Gasteiger partial charge in [0.2, 0.25) is 0 Å². The highest BCUT2D eigenvalue weighted by Crippen LogP contribution is 2.08. The van der Waals surface area contributed by atoms with E-state index in [0.717, 1.165) is 19.0 Å². The highest BCUT2D eigenvalue weighted by atomic mass is 15.2. The van der Waals surface area contributed by atoms with Crippen LogP contribution in [0.5, 0.6) is 0 Å². The third kappa shape index (κ3) is 5.27. The second-order valence-electron chi connectivity index (χ2n) is 4.85. The average molecular weight is 186 g/mol. The summed E-state index contributed by atoms with van der Waals surface area (Å²) in [5, 5.41) is 3.52. The first-order valence-electron chi connectivity index (χ1n) is 5.28. The second kappa shape index (κ2) is 5.61. The number of nitrogens with one attached hydrogen (secondary N) is 1. The normalized spacial score (nSPS) is 15.0. The summed E-state index contributed by atoms with van der Waals surface area (Å²) in [7, 11) is 4.26. The fraction of sp³-hybridized carbons (Fsp3) is 1.00. The monoisotopic (exact) mass is 186 g/mol. The van der Waals surface area contributed by atoms with Crippen molar-refractivity contribution in [2.45, 2.75) is 39.7 Å². The maximum atomic E-state index is 3.52. The Morgan fingerprint density at radius 2 is 1.85 bits per heavy atom. The van der Waals surface area contributed by atoms with E-state index in [1.807, 2.05) is 0 Å². The summed E-state index contributed by atoms with van der Waals surface area (Å²) in [6.07, 6.45) is 1.26. The lowest BCUT2D eigenvalue weighted by atomic mass is 10.0. The molecule has 0 saturated carbocycles. The Balaban J connectivity index is 3.63. The molecule has 2 heteroatoms. The van der Waals surface area contributed by atoms with Crippen LogP contribution < -0.4 is 5.32 Å². The number of likely N-dealkylation sites (N-methyl/N-ethyl adjacent to an activating group) is 1. The standard InChI is InChI=1S/C11H26N2/c1-7-10(2)8-12-9-11(3,4)13(5)6/h10,12H,7-9H2,1-6H3. The van der Waals surface area contributed by atoms with Gasteiger partial charge in [-0.3, -0.25) is 0 Å². The number of nitrogens with zero attached hydrogens (tertiary/aromatic N) is 1. The molecule has 80 valence electrons. The highest BCUT2D eigenvalue weighted by Gasteiger charge is 2.19. The molecule has 0 heterocycles. The minimum Gasteiger partial charge on any atom is -0.315 e. The number of hydrogen-bond acceptors (Lipinski definition) is 2. The van der Waals surface area contributed by atoms with E-state index in [-0.39, 0.29) is 5.54 Å². The van der Waals surface area contributed by atoms with E-state index in [4.69, 9.17) is 0 Å². The Hall–Kier alpha value is -0.0800. The molecule has 0 spiro atoms. The summed E-state index contributed by atoms with van der Waals surface area (Å²) >= 11 is 0. The summed E-state index contributed by atoms with van der Waals surface area (Å²) in [4.78, 5) is 2.26. The Kier molecular flexibility index (Phi) is 5.57. The zero-order valence-electron chi connectivity index (χ0n) is 10.1. The van der Waals surface area contributed by atoms with E-state index in [0.29, 0.717) is 0 Å². The summed E-state index contributed by atoms with van der Waals surface area (Å²) in [6.45, 7) is 11.2. The molecular formula is C11H26N2. The van der Waals surface area contributed by atoms with Crippen molar-refractivity contribution in [1.82, 2.24) is 10.2 Å². The van der Waals surface area contributed by atoms with Crippen molar-refractivity contribution in [3.8, 4) is 0 Å². The van der Waals surface area contributed by atoms with Gasteiger partial charge in [-0.2, -0.15) is 0 Å². The molecule has 0 aromatic carbocycles. The van der Waals surface area contributed by atoms with E-state index in [1.54, 1.807) is 0 Å². The minimum atomic E-state index is 0.257. The van der Waals surface area contributed by atoms with Crippen LogP contribution in [0.4, 0.5) is 0 Å². The molecule has 0 aromatic rings. The van der Waals surface area contributed by atoms with Gasteiger partial charge >= 0.3 is 0 Å². The van der Waals surface area contributed by atoms with Crippen molar-refractivity contribution in [2.24, 2.45) is 5.92 Å². The zero-order valence-corrected chi connectivity index (χ0v) is 10.1. The van der Waals surface area contributed by atoms with Crippen molar-refractivity contribution in [1.29, 1.82) is 0 Å². The minimum absolute atomic E-state index is 0.257. The van der Waals surface area contributed by atoms with Crippen LogP contribution in [0.15, 0.2) is 0 Å². The molecule has 1 atom stereocenters. The van der Waals surface area contributed by atoms with E-state index in [2.05, 4.69) is 52.0 Å². The van der Waals surface area contributed by atoms with E-state index < -0.39 is 0 Å². The van der Waals surface area contributed by atoms with Crippen LogP contribution in [0.3, 0.4) is 0 Å². The van der Waals surface area contributed by atoms with Crippen molar-refractivity contribution in [3.05, 3.63) is 0 Å². The van der Waals surface area contributed by atoms with Gasteiger partial charge in [0, 0.05) is 12.1 Å². The molecule has 13 heavy (non-hydrogen) atoms. The predicted octanol–water partition coefficient (Wildman–Crippen LogP) is 1.96. The third-order valence-corrected chi connectivity index (χ3v) is 2.96. The summed E-state index contributed by atoms with van der Waals surface area (Å²) in [5.41, 5.74) is 0.257. The first-order valence-corrected chi connectivity index (χ1v) is 5.28. The molecule has 0 bridgehead atoms.